The van der Waals surface area contributed by atoms with Crippen molar-refractivity contribution < 1.29 is 26.0 Å². The van der Waals surface area contributed by atoms with Crippen molar-refractivity contribution in [2.24, 2.45) is 0 Å². The zero-order valence-corrected chi connectivity index (χ0v) is 8.29. The second-order valence-corrected chi connectivity index (χ2v) is 4.87. The zero-order valence-electron chi connectivity index (χ0n) is 6.72. The molecule has 0 saturated heterocycles. The molecule has 0 N–H and O–H groups in total. The minimum Gasteiger partial charge on any atom is -0.206 e. The number of nitrogens with zero attached hydrogens (tertiary/aromatic N) is 1. The molecule has 1 heterocycles. The van der Waals surface area contributed by atoms with E-state index < -0.39 is 37.8 Å². The average Bonchev–Trinajstić information content (AvgIpc) is 1.99. The highest BCUT2D eigenvalue weighted by molar-refractivity contribution is 8.13. The van der Waals surface area contributed by atoms with Gasteiger partial charge in [0.15, 0.2) is 5.03 Å². The highest BCUT2D eigenvalue weighted by Crippen LogP contribution is 2.29. The van der Waals surface area contributed by atoms with Crippen LogP contribution in [0, 0.1) is 11.8 Å². The molecular weight excluding hydrogens is 262 g/mol. The van der Waals surface area contributed by atoms with E-state index in [4.69, 9.17) is 10.7 Å². The average molecular weight is 264 g/mol. The van der Waals surface area contributed by atoms with Gasteiger partial charge in [0.1, 0.15) is 5.82 Å². The fraction of sp³-hybridized carbons (Fsp3) is 0.167. The molecule has 3 nitrogen and oxygen atoms in total. The molecule has 0 bridgehead atoms. The number of rotatable bonds is 2. The van der Waals surface area contributed by atoms with Crippen LogP contribution in [0.2, 0.25) is 0 Å². The molecule has 0 aliphatic heterocycles. The Morgan fingerprint density at radius 3 is 2.27 bits per heavy atom. The predicted octanol–water partition coefficient (Wildman–Crippen LogP) is 2.22. The highest BCUT2D eigenvalue weighted by atomic mass is 35.7. The molecule has 0 amide bonds. The molecule has 15 heavy (non-hydrogen) atoms. The smallest absolute Gasteiger partial charge is 0.206 e. The molecule has 1 aromatic heterocycles. The van der Waals surface area contributed by atoms with Gasteiger partial charge in [-0.2, -0.15) is 4.39 Å². The predicted molar refractivity (Wildman–Crippen MR) is 42.1 cm³/mol. The van der Waals surface area contributed by atoms with Gasteiger partial charge in [-0.15, -0.1) is 0 Å². The number of halogens is 5. The van der Waals surface area contributed by atoms with Crippen LogP contribution < -0.4 is 0 Å². The maximum absolute atomic E-state index is 12.8. The van der Waals surface area contributed by atoms with Crippen molar-refractivity contribution in [3.05, 3.63) is 23.4 Å². The van der Waals surface area contributed by atoms with Crippen LogP contribution in [0.3, 0.4) is 0 Å². The lowest BCUT2D eigenvalue weighted by molar-refractivity contribution is 0.141. The molecule has 0 fully saturated rings. The van der Waals surface area contributed by atoms with Crippen molar-refractivity contribution in [2.75, 3.05) is 0 Å². The highest BCUT2D eigenvalue weighted by Gasteiger charge is 2.28. The first kappa shape index (κ1) is 12.2. The Balaban J connectivity index is 3.62. The van der Waals surface area contributed by atoms with Gasteiger partial charge in [-0.05, 0) is 0 Å². The summed E-state index contributed by atoms with van der Waals surface area (Å²) in [6.07, 6.45) is -3.46. The molecule has 0 atom stereocenters. The summed E-state index contributed by atoms with van der Waals surface area (Å²) in [5, 5.41) is -1.50. The summed E-state index contributed by atoms with van der Waals surface area (Å²) >= 11 is 0. The molecule has 0 unspecified atom stereocenters. The summed E-state index contributed by atoms with van der Waals surface area (Å²) in [5.74, 6) is -3.26. The van der Waals surface area contributed by atoms with Crippen LogP contribution in [0.15, 0.2) is 11.1 Å². The molecule has 0 aliphatic rings. The van der Waals surface area contributed by atoms with Gasteiger partial charge < -0.3 is 0 Å². The largest absolute Gasteiger partial charge is 0.279 e. The summed E-state index contributed by atoms with van der Waals surface area (Å²) in [5.41, 5.74) is -1.54. The maximum Gasteiger partial charge on any atom is 0.279 e. The summed E-state index contributed by atoms with van der Waals surface area (Å²) in [6, 6.07) is 0.0487. The second kappa shape index (κ2) is 3.93. The molecule has 1 rings (SSSR count). The van der Waals surface area contributed by atoms with E-state index in [0.717, 1.165) is 0 Å². The molecule has 0 spiro atoms. The van der Waals surface area contributed by atoms with Crippen molar-refractivity contribution in [1.82, 2.24) is 4.98 Å². The van der Waals surface area contributed by atoms with Gasteiger partial charge in [0.25, 0.3) is 15.5 Å². The maximum atomic E-state index is 12.8. The summed E-state index contributed by atoms with van der Waals surface area (Å²) < 4.78 is 71.1. The van der Waals surface area contributed by atoms with Gasteiger partial charge in [0.05, 0.1) is 5.56 Å². The van der Waals surface area contributed by atoms with E-state index in [0.29, 0.717) is 0 Å². The minimum absolute atomic E-state index is 0.0487. The van der Waals surface area contributed by atoms with Crippen molar-refractivity contribution in [3.8, 4) is 0 Å². The van der Waals surface area contributed by atoms with Crippen LogP contribution >= 0.6 is 10.7 Å². The van der Waals surface area contributed by atoms with Gasteiger partial charge in [0.2, 0.25) is 5.95 Å². The standard InChI is InChI=1S/C6H2ClF4NO2S/c7-15(13,14)6-4(5(10)11)2(8)1-3(9)12-6/h1,5H. The van der Waals surface area contributed by atoms with Crippen molar-refractivity contribution in [3.63, 3.8) is 0 Å². The SMILES string of the molecule is O=S(=O)(Cl)c1nc(F)cc(F)c1C(F)F. The lowest BCUT2D eigenvalue weighted by atomic mass is 10.3. The Kier molecular flexibility index (Phi) is 3.19. The normalized spacial score (nSPS) is 12.1. The molecule has 0 radical (unpaired) electrons. The van der Waals surface area contributed by atoms with Gasteiger partial charge in [0, 0.05) is 16.7 Å². The van der Waals surface area contributed by atoms with Crippen LogP contribution in [-0.4, -0.2) is 13.4 Å². The van der Waals surface area contributed by atoms with Crippen LogP contribution in [0.25, 0.3) is 0 Å². The van der Waals surface area contributed by atoms with E-state index in [1.54, 1.807) is 0 Å². The Morgan fingerprint density at radius 2 is 1.87 bits per heavy atom. The molecule has 0 aromatic carbocycles. The fourth-order valence-corrected chi connectivity index (χ4v) is 1.86. The minimum atomic E-state index is -4.72. The van der Waals surface area contributed by atoms with Gasteiger partial charge in [-0.25, -0.2) is 26.6 Å². The van der Waals surface area contributed by atoms with E-state index in [1.807, 2.05) is 0 Å². The van der Waals surface area contributed by atoms with Gasteiger partial charge in [-0.3, -0.25) is 0 Å². The Morgan fingerprint density at radius 1 is 1.33 bits per heavy atom. The van der Waals surface area contributed by atoms with E-state index in [-0.39, 0.29) is 6.07 Å². The number of alkyl halides is 2. The topological polar surface area (TPSA) is 47.0 Å². The molecular formula is C6H2ClF4NO2S. The lowest BCUT2D eigenvalue weighted by Gasteiger charge is -2.05. The van der Waals surface area contributed by atoms with E-state index in [1.165, 1.54) is 0 Å². The number of aromatic nitrogens is 1. The third-order valence-electron chi connectivity index (χ3n) is 1.39. The second-order valence-electron chi connectivity index (χ2n) is 2.38. The third-order valence-corrected chi connectivity index (χ3v) is 2.60. The Labute approximate surface area is 86.1 Å². The number of hydrogen-bond acceptors (Lipinski definition) is 3. The fourth-order valence-electron chi connectivity index (χ4n) is 0.857. The number of hydrogen-bond donors (Lipinski definition) is 0. The zero-order chi connectivity index (χ0) is 11.8. The van der Waals surface area contributed by atoms with E-state index in [2.05, 4.69) is 4.98 Å². The van der Waals surface area contributed by atoms with Crippen molar-refractivity contribution >= 4 is 19.7 Å². The molecule has 1 aromatic rings. The molecule has 84 valence electrons. The molecule has 9 heteroatoms. The lowest BCUT2D eigenvalue weighted by Crippen LogP contribution is -2.07. The third kappa shape index (κ3) is 2.57. The van der Waals surface area contributed by atoms with Crippen molar-refractivity contribution in [2.45, 2.75) is 11.5 Å². The Hall–Kier alpha value is -0.890. The van der Waals surface area contributed by atoms with Crippen LogP contribution in [0.1, 0.15) is 12.0 Å². The van der Waals surface area contributed by atoms with E-state index in [9.17, 15) is 26.0 Å². The van der Waals surface area contributed by atoms with E-state index >= 15 is 0 Å². The van der Waals surface area contributed by atoms with Gasteiger partial charge >= 0.3 is 0 Å². The molecule has 0 saturated carbocycles. The van der Waals surface area contributed by atoms with Crippen LogP contribution in [0.4, 0.5) is 17.6 Å². The van der Waals surface area contributed by atoms with Gasteiger partial charge in [-0.1, -0.05) is 0 Å². The number of pyridine rings is 1. The first-order valence-electron chi connectivity index (χ1n) is 3.32. The van der Waals surface area contributed by atoms with Crippen molar-refractivity contribution in [1.29, 1.82) is 0 Å². The van der Waals surface area contributed by atoms with Crippen LogP contribution in [-0.2, 0) is 9.05 Å². The molecule has 0 aliphatic carbocycles. The monoisotopic (exact) mass is 263 g/mol. The first-order chi connectivity index (χ1) is 6.73. The summed E-state index contributed by atoms with van der Waals surface area (Å²) in [6.45, 7) is 0. The summed E-state index contributed by atoms with van der Waals surface area (Å²) in [7, 11) is -0.0276. The van der Waals surface area contributed by atoms with Crippen LogP contribution in [0.5, 0.6) is 0 Å². The quantitative estimate of drug-likeness (QED) is 0.467. The summed E-state index contributed by atoms with van der Waals surface area (Å²) in [4.78, 5) is 2.62. The first-order valence-corrected chi connectivity index (χ1v) is 5.63. The Bertz CT molecular complexity index is 490.